The molecule has 0 bridgehead atoms. The van der Waals surface area contributed by atoms with Gasteiger partial charge in [-0.05, 0) is 72.4 Å². The van der Waals surface area contributed by atoms with E-state index >= 15 is 0 Å². The fraction of sp³-hybridized carbons (Fsp3) is 0.321. The van der Waals surface area contributed by atoms with Crippen molar-refractivity contribution in [1.82, 2.24) is 34.8 Å². The van der Waals surface area contributed by atoms with Gasteiger partial charge in [0.15, 0.2) is 23.4 Å². The number of aromatic nitrogens is 6. The normalized spacial score (nSPS) is 19.4. The molecule has 30 nitrogen and oxygen atoms in total. The predicted octanol–water partition coefficient (Wildman–Crippen LogP) is 1.02. The number of phosphoric ester groups is 2. The summed E-state index contributed by atoms with van der Waals surface area (Å²) in [6.07, 6.45) is -11.6. The Morgan fingerprint density at radius 2 is 1.48 bits per heavy atom. The van der Waals surface area contributed by atoms with Crippen molar-refractivity contribution in [2.45, 2.75) is 88.6 Å². The third kappa shape index (κ3) is 14.5. The Bertz CT molecular complexity index is 3780. The number of nitrogens with one attached hydrogen (secondary N) is 4. The molecule has 2 aliphatic rings. The molecule has 85 heavy (non-hydrogen) atoms. The number of phosphoric acid groups is 2. The topological polar surface area (TPSA) is 445 Å². The van der Waals surface area contributed by atoms with Gasteiger partial charge < -0.3 is 75.1 Å². The van der Waals surface area contributed by atoms with Crippen LogP contribution < -0.4 is 47.2 Å². The molecule has 1 fully saturated rings. The Labute approximate surface area is 481 Å². The van der Waals surface area contributed by atoms with E-state index in [1.54, 1.807) is 74.5 Å². The van der Waals surface area contributed by atoms with Crippen LogP contribution in [0.3, 0.4) is 0 Å². The quantitative estimate of drug-likeness (QED) is 0.0400. The van der Waals surface area contributed by atoms with Crippen LogP contribution in [0.15, 0.2) is 119 Å². The van der Waals surface area contributed by atoms with Gasteiger partial charge in [0.2, 0.25) is 11.8 Å². The van der Waals surface area contributed by atoms with Gasteiger partial charge in [0, 0.05) is 18.5 Å². The van der Waals surface area contributed by atoms with Crippen molar-refractivity contribution < 1.29 is 81.7 Å². The van der Waals surface area contributed by atoms with E-state index in [-0.39, 0.29) is 60.0 Å². The van der Waals surface area contributed by atoms with Crippen molar-refractivity contribution in [3.63, 3.8) is 0 Å². The lowest BCUT2D eigenvalue weighted by molar-refractivity contribution is -0.247. The number of H-pyrrole nitrogens is 2. The van der Waals surface area contributed by atoms with Crippen molar-refractivity contribution in [2.75, 3.05) is 40.6 Å². The van der Waals surface area contributed by atoms with E-state index in [1.165, 1.54) is 15.8 Å². The maximum Gasteiger partial charge on any atom is 0.408 e. The molecule has 0 saturated carbocycles. The molecule has 9 rings (SSSR count). The van der Waals surface area contributed by atoms with Crippen LogP contribution in [0, 0.1) is 13.8 Å². The lowest BCUT2D eigenvalue weighted by atomic mass is 10.0. The van der Waals surface area contributed by atoms with Gasteiger partial charge in [-0.15, -0.1) is 0 Å². The molecule has 5 heterocycles. The lowest BCUT2D eigenvalue weighted by Crippen LogP contribution is -2.48. The number of nitrogens with zero attached hydrogens (tertiary/aromatic N) is 6. The molecule has 11 N–H and O–H groups in total. The smallest absolute Gasteiger partial charge is 0.408 e. The van der Waals surface area contributed by atoms with E-state index in [0.29, 0.717) is 22.4 Å². The number of carbonyl (C=O) groups excluding carboxylic acids is 3. The van der Waals surface area contributed by atoms with E-state index in [9.17, 15) is 68.4 Å². The van der Waals surface area contributed by atoms with Crippen LogP contribution in [-0.2, 0) is 61.0 Å². The second-order valence-electron chi connectivity index (χ2n) is 19.8. The van der Waals surface area contributed by atoms with Crippen molar-refractivity contribution in [2.24, 2.45) is 0 Å². The number of aliphatic hydroxyl groups is 5. The van der Waals surface area contributed by atoms with E-state index < -0.39 is 119 Å². The van der Waals surface area contributed by atoms with Gasteiger partial charge in [-0.2, -0.15) is 0 Å². The first-order chi connectivity index (χ1) is 40.5. The Kier molecular flexibility index (Phi) is 18.9. The third-order valence-electron chi connectivity index (χ3n) is 13.9. The molecule has 450 valence electrons. The Hall–Kier alpha value is -8.06. The molecule has 32 heteroatoms. The standard InChI is InChI=1S/C53H59N11O19P2/c1-28-19-35-36(20-29(28)2)64(40(67)18-15-30-13-16-33(17-14-30)58-49(71)34(21-31-9-5-3-6-10-31)59-53(74)79-23-32-11-7-4-8-12-32)42-48(60-52(73)61-50(42)72)62(35)22-37(65)43(68)38(66)24-80-84(75,76)83-85(77,78)81-25-39-44(69)45(70)51(82-39)63-27-57-41-46(54)55-26-56-47(41)63/h3-14,16-17,19-20,26-27,34,37-39,43-45,51,65-66,68-70H,15,18,21-25H2,1-2H3,(H,58,71)(H,59,74)(H,75,76)(H,77,78)(H2,54,55,56)(H2,60,61,72,73)/p-2/t34-,37-,38+,39+,43-,44+,45+,51+/m0/s1. The number of β-amino-alcohol motifs (C(OH)–C–C–N with tert-alkyl or cyclic N) is 1. The molecular formula is C53H57N11O19P2-2. The maximum absolute atomic E-state index is 14.5. The fourth-order valence-electron chi connectivity index (χ4n) is 9.36. The van der Waals surface area contributed by atoms with Gasteiger partial charge >= 0.3 is 11.8 Å². The van der Waals surface area contributed by atoms with E-state index in [1.807, 2.05) is 36.4 Å². The highest BCUT2D eigenvalue weighted by Gasteiger charge is 2.45. The van der Waals surface area contributed by atoms with Crippen LogP contribution in [0.4, 0.5) is 39.2 Å². The number of aromatic amines is 2. The SMILES string of the molecule is Cc1cc2c(cc1C)N(C(=O)CCc1ccc(NC(=O)[C@H](Cc3ccccc3)NC(=O)OCc3ccccc3)cc1)c1c([nH]c(=O)[nH]c1=O)N2C[C@H](O)[C@H](O)[C@H](O)COP(=O)([O-])OP(=O)([O-])OC[C@H]1O[C@@H](n2cnc3c(N)ncnc32)[C@H](O)[C@@H]1O. The van der Waals surface area contributed by atoms with Crippen LogP contribution in [0.5, 0.6) is 0 Å². The monoisotopic (exact) mass is 1210 g/mol. The number of anilines is 6. The van der Waals surface area contributed by atoms with Gasteiger partial charge in [0.25, 0.3) is 21.2 Å². The average molecular weight is 1210 g/mol. The van der Waals surface area contributed by atoms with Crippen molar-refractivity contribution >= 4 is 79.1 Å². The molecule has 2 unspecified atom stereocenters. The Morgan fingerprint density at radius 3 is 2.18 bits per heavy atom. The van der Waals surface area contributed by atoms with Gasteiger partial charge in [-0.3, -0.25) is 42.9 Å². The largest absolute Gasteiger partial charge is 0.756 e. The van der Waals surface area contributed by atoms with E-state index in [4.69, 9.17) is 15.2 Å². The molecule has 0 spiro atoms. The number of alkyl carbamates (subject to hydrolysis) is 1. The summed E-state index contributed by atoms with van der Waals surface area (Å²) in [5.41, 5.74) is 7.64. The Morgan fingerprint density at radius 1 is 0.824 bits per heavy atom. The number of fused-ring (bicyclic) bond motifs is 3. The summed E-state index contributed by atoms with van der Waals surface area (Å²) in [5, 5.41) is 60.1. The Balaban J connectivity index is 0.818. The lowest BCUT2D eigenvalue weighted by Gasteiger charge is -2.40. The summed E-state index contributed by atoms with van der Waals surface area (Å²) in [6.45, 7) is 0.187. The number of ether oxygens (including phenoxy) is 2. The van der Waals surface area contributed by atoms with Crippen LogP contribution >= 0.6 is 15.6 Å². The van der Waals surface area contributed by atoms with Gasteiger partial charge in [-0.1, -0.05) is 72.8 Å². The molecule has 4 aromatic carbocycles. The fourth-order valence-corrected chi connectivity index (χ4v) is 11.4. The van der Waals surface area contributed by atoms with Crippen LogP contribution in [0.2, 0.25) is 0 Å². The molecule has 0 radical (unpaired) electrons. The average Bonchev–Trinajstić information content (AvgIpc) is 1.51. The number of benzene rings is 4. The zero-order chi connectivity index (χ0) is 60.9. The van der Waals surface area contributed by atoms with Gasteiger partial charge in [-0.25, -0.2) is 28.9 Å². The van der Waals surface area contributed by atoms with Gasteiger partial charge in [0.05, 0.1) is 37.5 Å². The molecule has 0 aliphatic carbocycles. The summed E-state index contributed by atoms with van der Waals surface area (Å²) >= 11 is 0. The highest BCUT2D eigenvalue weighted by molar-refractivity contribution is 7.59. The zero-order valence-corrected chi connectivity index (χ0v) is 46.9. The van der Waals surface area contributed by atoms with Crippen molar-refractivity contribution in [1.29, 1.82) is 0 Å². The number of carbonyl (C=O) groups is 3. The minimum absolute atomic E-state index is 0.00668. The number of nitrogen functional groups attached to an aromatic ring is 1. The first-order valence-corrected chi connectivity index (χ1v) is 29.0. The number of amides is 3. The first-order valence-electron chi connectivity index (χ1n) is 26.1. The van der Waals surface area contributed by atoms with Crippen LogP contribution in [-0.4, -0.2) is 135 Å². The van der Waals surface area contributed by atoms with E-state index in [2.05, 4.69) is 48.9 Å². The highest BCUT2D eigenvalue weighted by Crippen LogP contribution is 2.56. The molecule has 7 aromatic rings. The van der Waals surface area contributed by atoms with E-state index in [0.717, 1.165) is 22.4 Å². The molecule has 1 saturated heterocycles. The number of nitrogens with two attached hydrogens (primary N) is 1. The minimum Gasteiger partial charge on any atom is -0.756 e. The summed E-state index contributed by atoms with van der Waals surface area (Å²) in [4.78, 5) is 112. The van der Waals surface area contributed by atoms with Crippen LogP contribution in [0.1, 0.15) is 40.5 Å². The number of hydrogen-bond donors (Lipinski definition) is 10. The minimum atomic E-state index is -5.98. The van der Waals surface area contributed by atoms with Crippen molar-refractivity contribution in [3.8, 4) is 0 Å². The molecule has 3 amide bonds. The van der Waals surface area contributed by atoms with Gasteiger partial charge in [0.1, 0.15) is 66.9 Å². The molecule has 2 aliphatic heterocycles. The number of aliphatic hydroxyl groups excluding tert-OH is 5. The number of hydrogen-bond acceptors (Lipinski definition) is 24. The van der Waals surface area contributed by atoms with Crippen molar-refractivity contribution in [3.05, 3.63) is 158 Å². The number of imidazole rings is 1. The number of rotatable bonds is 23. The highest BCUT2D eigenvalue weighted by atomic mass is 31.3. The summed E-state index contributed by atoms with van der Waals surface area (Å²) in [6, 6.07) is 26.8. The van der Waals surface area contributed by atoms with Crippen LogP contribution in [0.25, 0.3) is 11.2 Å². The molecular weight excluding hydrogens is 1160 g/mol. The second kappa shape index (κ2) is 26.1. The summed E-state index contributed by atoms with van der Waals surface area (Å²) < 4.78 is 50.8. The molecule has 3 aromatic heterocycles. The first kappa shape index (κ1) is 61.5. The maximum atomic E-state index is 14.5. The summed E-state index contributed by atoms with van der Waals surface area (Å²) in [5.74, 6) is -1.48. The third-order valence-corrected chi connectivity index (χ3v) is 16.4. The molecule has 10 atom stereocenters. The number of aryl methyl sites for hydroxylation is 3. The zero-order valence-electron chi connectivity index (χ0n) is 45.1. The summed E-state index contributed by atoms with van der Waals surface area (Å²) in [7, 11) is -11.9. The predicted molar refractivity (Wildman–Crippen MR) is 297 cm³/mol. The second-order valence-corrected chi connectivity index (χ2v) is 22.8.